The number of phenols is 1. The van der Waals surface area contributed by atoms with Crippen LogP contribution in [-0.4, -0.2) is 11.3 Å². The van der Waals surface area contributed by atoms with Gasteiger partial charge in [0.05, 0.1) is 0 Å². The Morgan fingerprint density at radius 1 is 0.515 bits per heavy atom. The molecule has 0 unspecified atom stereocenters. The molecule has 158 valence electrons. The lowest BCUT2D eigenvalue weighted by molar-refractivity contribution is -0.656. The number of pyridine rings is 1. The van der Waals surface area contributed by atoms with E-state index in [4.69, 9.17) is 5.10 Å². The van der Waals surface area contributed by atoms with E-state index in [1.54, 1.807) is 18.3 Å². The third-order valence-corrected chi connectivity index (χ3v) is 5.54. The van der Waals surface area contributed by atoms with E-state index in [9.17, 15) is 5.11 Å². The first kappa shape index (κ1) is 20.4. The molecular formula is C30H23N2O+. The minimum Gasteiger partial charge on any atom is -0.507 e. The van der Waals surface area contributed by atoms with Crippen molar-refractivity contribution < 1.29 is 9.78 Å². The summed E-state index contributed by atoms with van der Waals surface area (Å²) in [5.41, 5.74) is 6.95. The van der Waals surface area contributed by atoms with Crippen molar-refractivity contribution in [2.45, 2.75) is 0 Å². The second-order valence-electron chi connectivity index (χ2n) is 7.73. The van der Waals surface area contributed by atoms with Crippen LogP contribution < -0.4 is 4.68 Å². The lowest BCUT2D eigenvalue weighted by Crippen LogP contribution is -2.34. The third-order valence-electron chi connectivity index (χ3n) is 5.54. The topological polar surface area (TPSA) is 36.5 Å². The average Bonchev–Trinajstić information content (AvgIpc) is 2.89. The standard InChI is InChI=1S/C30H22N2O/c33-30-19-11-10-18-26(30)22-31-32-28(24-14-6-2-7-15-24)20-27(23-12-4-1-5-13-23)21-29(32)25-16-8-3-9-17-25/h1-22H/p+1. The molecule has 0 saturated carbocycles. The molecule has 0 aliphatic carbocycles. The van der Waals surface area contributed by atoms with Crippen LogP contribution >= 0.6 is 0 Å². The summed E-state index contributed by atoms with van der Waals surface area (Å²) in [4.78, 5) is 0. The van der Waals surface area contributed by atoms with Gasteiger partial charge in [-0.2, -0.15) is 0 Å². The van der Waals surface area contributed by atoms with Gasteiger partial charge in [0, 0.05) is 28.8 Å². The van der Waals surface area contributed by atoms with E-state index in [2.05, 4.69) is 60.7 Å². The fourth-order valence-electron chi connectivity index (χ4n) is 3.86. The molecule has 0 amide bonds. The maximum absolute atomic E-state index is 10.3. The molecule has 33 heavy (non-hydrogen) atoms. The van der Waals surface area contributed by atoms with E-state index in [1.165, 1.54) is 0 Å². The van der Waals surface area contributed by atoms with Gasteiger partial charge >= 0.3 is 0 Å². The molecule has 0 atom stereocenters. The molecule has 4 aromatic carbocycles. The number of aromatic hydroxyl groups is 1. The molecule has 0 aliphatic heterocycles. The smallest absolute Gasteiger partial charge is 0.246 e. The molecule has 5 rings (SSSR count). The van der Waals surface area contributed by atoms with Crippen LogP contribution in [0.1, 0.15) is 5.56 Å². The second kappa shape index (κ2) is 9.33. The fraction of sp³-hybridized carbons (Fsp3) is 0. The molecule has 5 aromatic rings. The second-order valence-corrected chi connectivity index (χ2v) is 7.73. The van der Waals surface area contributed by atoms with Gasteiger partial charge in [-0.25, -0.2) is 0 Å². The van der Waals surface area contributed by atoms with Crippen LogP contribution in [0.5, 0.6) is 5.75 Å². The van der Waals surface area contributed by atoms with Crippen LogP contribution in [0, 0.1) is 0 Å². The zero-order chi connectivity index (χ0) is 22.5. The molecule has 3 nitrogen and oxygen atoms in total. The molecule has 1 heterocycles. The lowest BCUT2D eigenvalue weighted by atomic mass is 10.00. The predicted octanol–water partition coefficient (Wildman–Crippen LogP) is 6.56. The van der Waals surface area contributed by atoms with E-state index < -0.39 is 0 Å². The highest BCUT2D eigenvalue weighted by molar-refractivity contribution is 5.83. The van der Waals surface area contributed by atoms with Crippen LogP contribution in [0.25, 0.3) is 33.6 Å². The third kappa shape index (κ3) is 4.43. The summed E-state index contributed by atoms with van der Waals surface area (Å²) < 4.78 is 1.95. The first-order chi connectivity index (χ1) is 16.3. The van der Waals surface area contributed by atoms with Gasteiger partial charge in [-0.3, -0.25) is 0 Å². The van der Waals surface area contributed by atoms with Gasteiger partial charge in [0.2, 0.25) is 11.4 Å². The van der Waals surface area contributed by atoms with Crippen molar-refractivity contribution in [2.24, 2.45) is 5.10 Å². The average molecular weight is 428 g/mol. The molecule has 3 heteroatoms. The summed E-state index contributed by atoms with van der Waals surface area (Å²) in [5, 5.41) is 15.1. The molecule has 0 saturated heterocycles. The molecular weight excluding hydrogens is 404 g/mol. The van der Waals surface area contributed by atoms with Gasteiger partial charge < -0.3 is 5.11 Å². The van der Waals surface area contributed by atoms with Crippen molar-refractivity contribution in [3.63, 3.8) is 0 Å². The Labute approximate surface area is 193 Å². The largest absolute Gasteiger partial charge is 0.507 e. The summed E-state index contributed by atoms with van der Waals surface area (Å²) in [6.07, 6.45) is 1.70. The van der Waals surface area contributed by atoms with Gasteiger partial charge in [0.1, 0.15) is 12.0 Å². The number of hydrogen-bond acceptors (Lipinski definition) is 2. The summed E-state index contributed by atoms with van der Waals surface area (Å²) >= 11 is 0. The fourth-order valence-corrected chi connectivity index (χ4v) is 3.86. The Morgan fingerprint density at radius 3 is 1.48 bits per heavy atom. The Bertz CT molecular complexity index is 1340. The summed E-state index contributed by atoms with van der Waals surface area (Å²) in [6.45, 7) is 0. The Balaban J connectivity index is 1.79. The van der Waals surface area contributed by atoms with Crippen LogP contribution in [0.15, 0.2) is 132 Å². The SMILES string of the molecule is Oc1ccccc1C=N[n+]1c(-c2ccccc2)cc(-c2ccccc2)cc1-c1ccccc1. The Hall–Kier alpha value is -4.50. The predicted molar refractivity (Wildman–Crippen MR) is 134 cm³/mol. The monoisotopic (exact) mass is 427 g/mol. The molecule has 0 bridgehead atoms. The van der Waals surface area contributed by atoms with Gasteiger partial charge in [-0.15, -0.1) is 0 Å². The van der Waals surface area contributed by atoms with E-state index in [0.29, 0.717) is 5.56 Å². The number of hydrogen-bond donors (Lipinski definition) is 1. The first-order valence-corrected chi connectivity index (χ1v) is 10.9. The van der Waals surface area contributed by atoms with Crippen LogP contribution in [0.4, 0.5) is 0 Å². The van der Waals surface area contributed by atoms with Gasteiger partial charge in [0.15, 0.2) is 0 Å². The zero-order valence-corrected chi connectivity index (χ0v) is 18.0. The highest BCUT2D eigenvalue weighted by Gasteiger charge is 2.23. The molecule has 1 aromatic heterocycles. The van der Waals surface area contributed by atoms with Crippen molar-refractivity contribution in [2.75, 3.05) is 0 Å². The number of aromatic nitrogens is 1. The zero-order valence-electron chi connectivity index (χ0n) is 18.0. The van der Waals surface area contributed by atoms with Crippen molar-refractivity contribution in [3.05, 3.63) is 133 Å². The van der Waals surface area contributed by atoms with Crippen LogP contribution in [-0.2, 0) is 0 Å². The molecule has 0 radical (unpaired) electrons. The van der Waals surface area contributed by atoms with Crippen molar-refractivity contribution in [1.29, 1.82) is 0 Å². The molecule has 1 N–H and O–H groups in total. The van der Waals surface area contributed by atoms with Crippen molar-refractivity contribution >= 4 is 6.21 Å². The van der Waals surface area contributed by atoms with Gasteiger partial charge in [0.25, 0.3) is 0 Å². The summed E-state index contributed by atoms with van der Waals surface area (Å²) in [6, 6.07) is 42.4. The highest BCUT2D eigenvalue weighted by Crippen LogP contribution is 2.29. The Morgan fingerprint density at radius 2 is 0.970 bits per heavy atom. The van der Waals surface area contributed by atoms with E-state index in [0.717, 1.165) is 33.6 Å². The lowest BCUT2D eigenvalue weighted by Gasteiger charge is -2.09. The van der Waals surface area contributed by atoms with Crippen molar-refractivity contribution in [3.8, 4) is 39.4 Å². The minimum absolute atomic E-state index is 0.199. The summed E-state index contributed by atoms with van der Waals surface area (Å²) in [5.74, 6) is 0.199. The van der Waals surface area contributed by atoms with E-state index in [1.807, 2.05) is 59.3 Å². The molecule has 0 fully saturated rings. The number of para-hydroxylation sites is 1. The maximum atomic E-state index is 10.3. The van der Waals surface area contributed by atoms with Gasteiger partial charge in [-0.05, 0) is 57.3 Å². The van der Waals surface area contributed by atoms with Crippen molar-refractivity contribution in [1.82, 2.24) is 0 Å². The number of nitrogens with zero attached hydrogens (tertiary/aromatic N) is 2. The normalized spacial score (nSPS) is 11.0. The van der Waals surface area contributed by atoms with Crippen LogP contribution in [0.3, 0.4) is 0 Å². The van der Waals surface area contributed by atoms with Crippen LogP contribution in [0.2, 0.25) is 0 Å². The quantitative estimate of drug-likeness (QED) is 0.250. The number of benzene rings is 4. The van der Waals surface area contributed by atoms with E-state index >= 15 is 0 Å². The molecule has 0 spiro atoms. The first-order valence-electron chi connectivity index (χ1n) is 10.9. The number of phenolic OH excluding ortho intramolecular Hbond substituents is 1. The Kier molecular flexibility index (Phi) is 5.77. The number of rotatable bonds is 5. The highest BCUT2D eigenvalue weighted by atomic mass is 16.3. The maximum Gasteiger partial charge on any atom is 0.246 e. The summed E-state index contributed by atoms with van der Waals surface area (Å²) in [7, 11) is 0. The molecule has 0 aliphatic rings. The van der Waals surface area contributed by atoms with Gasteiger partial charge in [-0.1, -0.05) is 78.9 Å². The van der Waals surface area contributed by atoms with E-state index in [-0.39, 0.29) is 5.75 Å². The minimum atomic E-state index is 0.199.